The summed E-state index contributed by atoms with van der Waals surface area (Å²) < 4.78 is 53.4. The molecule has 2 N–H and O–H groups in total. The Bertz CT molecular complexity index is 760. The minimum Gasteiger partial charge on any atom is -0.391 e. The van der Waals surface area contributed by atoms with Crippen LogP contribution in [0.1, 0.15) is 16.3 Å². The molecule has 114 valence electrons. The lowest BCUT2D eigenvalue weighted by atomic mass is 10.2. The number of aryl methyl sites for hydroxylation is 1. The number of halogens is 2. The zero-order chi connectivity index (χ0) is 15.6. The quantitative estimate of drug-likeness (QED) is 0.872. The average molecular weight is 334 g/mol. The van der Waals surface area contributed by atoms with E-state index in [-0.39, 0.29) is 6.54 Å². The van der Waals surface area contributed by atoms with Crippen molar-refractivity contribution in [1.82, 2.24) is 9.71 Å². The van der Waals surface area contributed by atoms with Crippen LogP contribution in [0.4, 0.5) is 8.78 Å². The van der Waals surface area contributed by atoms with Gasteiger partial charge < -0.3 is 5.11 Å². The molecular formula is C12H12F2N2O3S2. The second-order valence-corrected chi connectivity index (χ2v) is 6.98. The van der Waals surface area contributed by atoms with Gasteiger partial charge in [-0.25, -0.2) is 26.9 Å². The molecule has 0 aliphatic heterocycles. The number of nitrogens with one attached hydrogen (secondary N) is 1. The third kappa shape index (κ3) is 3.43. The van der Waals surface area contributed by atoms with E-state index in [1.807, 2.05) is 0 Å². The van der Waals surface area contributed by atoms with Crippen LogP contribution in [0.2, 0.25) is 0 Å². The smallest absolute Gasteiger partial charge is 0.243 e. The lowest BCUT2D eigenvalue weighted by Gasteiger charge is -2.09. The number of aliphatic hydroxyl groups excluding tert-OH is 1. The van der Waals surface area contributed by atoms with E-state index in [4.69, 9.17) is 5.11 Å². The molecule has 2 aromatic rings. The van der Waals surface area contributed by atoms with Gasteiger partial charge in [-0.05, 0) is 19.1 Å². The van der Waals surface area contributed by atoms with E-state index in [2.05, 4.69) is 9.71 Å². The van der Waals surface area contributed by atoms with Gasteiger partial charge in [0.1, 0.15) is 10.7 Å². The van der Waals surface area contributed by atoms with Crippen LogP contribution < -0.4 is 4.72 Å². The molecule has 9 heteroatoms. The summed E-state index contributed by atoms with van der Waals surface area (Å²) in [4.78, 5) is 3.37. The fourth-order valence-corrected chi connectivity index (χ4v) is 3.38. The van der Waals surface area contributed by atoms with E-state index in [0.29, 0.717) is 5.69 Å². The zero-order valence-corrected chi connectivity index (χ0v) is 12.6. The van der Waals surface area contributed by atoms with Gasteiger partial charge in [0.25, 0.3) is 0 Å². The summed E-state index contributed by atoms with van der Waals surface area (Å²) in [5.41, 5.74) is -0.173. The second-order valence-electron chi connectivity index (χ2n) is 4.18. The van der Waals surface area contributed by atoms with Crippen molar-refractivity contribution in [3.8, 4) is 0 Å². The second kappa shape index (κ2) is 6.14. The minimum atomic E-state index is -4.17. The van der Waals surface area contributed by atoms with Crippen molar-refractivity contribution in [2.24, 2.45) is 0 Å². The Morgan fingerprint density at radius 2 is 2.10 bits per heavy atom. The van der Waals surface area contributed by atoms with Gasteiger partial charge >= 0.3 is 0 Å². The Morgan fingerprint density at radius 3 is 2.67 bits per heavy atom. The van der Waals surface area contributed by atoms with E-state index in [1.54, 1.807) is 12.3 Å². The average Bonchev–Trinajstić information content (AvgIpc) is 2.83. The molecule has 0 aliphatic rings. The molecule has 1 aromatic heterocycles. The lowest BCUT2D eigenvalue weighted by molar-refractivity contribution is 0.267. The maximum atomic E-state index is 13.9. The third-order valence-electron chi connectivity index (χ3n) is 2.71. The molecule has 0 spiro atoms. The normalized spacial score (nSPS) is 11.8. The summed E-state index contributed by atoms with van der Waals surface area (Å²) in [5, 5.41) is 11.4. The Labute approximate surface area is 124 Å². The maximum absolute atomic E-state index is 13.9. The number of nitrogens with zero attached hydrogens (tertiary/aromatic N) is 1. The van der Waals surface area contributed by atoms with Crippen LogP contribution in [0.3, 0.4) is 0 Å². The highest BCUT2D eigenvalue weighted by atomic mass is 32.2. The molecular weight excluding hydrogens is 322 g/mol. The zero-order valence-electron chi connectivity index (χ0n) is 10.9. The van der Waals surface area contributed by atoms with Gasteiger partial charge in [-0.2, -0.15) is 0 Å². The molecule has 0 bridgehead atoms. The fraction of sp³-hybridized carbons (Fsp3) is 0.250. The first-order chi connectivity index (χ1) is 9.85. The van der Waals surface area contributed by atoms with Gasteiger partial charge in [0, 0.05) is 5.38 Å². The van der Waals surface area contributed by atoms with Crippen molar-refractivity contribution in [3.05, 3.63) is 45.4 Å². The number of hydrogen-bond donors (Lipinski definition) is 2. The Kier molecular flexibility index (Phi) is 4.67. The molecule has 0 radical (unpaired) electrons. The van der Waals surface area contributed by atoms with Gasteiger partial charge in [0.15, 0.2) is 5.82 Å². The van der Waals surface area contributed by atoms with E-state index in [1.165, 1.54) is 11.3 Å². The van der Waals surface area contributed by atoms with Crippen LogP contribution in [0.5, 0.6) is 0 Å². The van der Waals surface area contributed by atoms with Gasteiger partial charge in [0.2, 0.25) is 10.0 Å². The first-order valence-corrected chi connectivity index (χ1v) is 8.20. The molecule has 2 rings (SSSR count). The van der Waals surface area contributed by atoms with Crippen LogP contribution in [0.25, 0.3) is 0 Å². The summed E-state index contributed by atoms with van der Waals surface area (Å²) in [6.45, 7) is 0.750. The highest BCUT2D eigenvalue weighted by Crippen LogP contribution is 2.21. The van der Waals surface area contributed by atoms with E-state index in [0.717, 1.165) is 17.1 Å². The molecule has 0 unspecified atom stereocenters. The number of aromatic nitrogens is 1. The van der Waals surface area contributed by atoms with Gasteiger partial charge in [-0.3, -0.25) is 0 Å². The first-order valence-electron chi connectivity index (χ1n) is 5.83. The van der Waals surface area contributed by atoms with Crippen molar-refractivity contribution < 1.29 is 22.3 Å². The molecule has 21 heavy (non-hydrogen) atoms. The predicted molar refractivity (Wildman–Crippen MR) is 73.2 cm³/mol. The van der Waals surface area contributed by atoms with Crippen molar-refractivity contribution in [1.29, 1.82) is 0 Å². The number of sulfonamides is 1. The van der Waals surface area contributed by atoms with Crippen molar-refractivity contribution in [3.63, 3.8) is 0 Å². The number of rotatable bonds is 5. The molecule has 0 fully saturated rings. The number of thiazole rings is 1. The Balaban J connectivity index is 2.27. The van der Waals surface area contributed by atoms with Gasteiger partial charge in [-0.15, -0.1) is 11.3 Å². The largest absolute Gasteiger partial charge is 0.391 e. The minimum absolute atomic E-state index is 0.0993. The molecule has 0 atom stereocenters. The predicted octanol–water partition coefficient (Wildman–Crippen LogP) is 1.70. The topological polar surface area (TPSA) is 79.3 Å². The van der Waals surface area contributed by atoms with Crippen LogP contribution in [0, 0.1) is 18.6 Å². The standard InChI is InChI=1S/C12H12F2N2O3S2/c1-7-16-8(6-20-7)4-15-21(18,19)11-3-2-10(13)9(5-17)12(11)14/h2-3,6,15,17H,4-5H2,1H3. The van der Waals surface area contributed by atoms with Crippen LogP contribution in [-0.2, 0) is 23.2 Å². The van der Waals surface area contributed by atoms with E-state index >= 15 is 0 Å². The highest BCUT2D eigenvalue weighted by molar-refractivity contribution is 7.89. The summed E-state index contributed by atoms with van der Waals surface area (Å²) in [6, 6.07) is 1.62. The van der Waals surface area contributed by atoms with E-state index < -0.39 is 38.7 Å². The van der Waals surface area contributed by atoms with Crippen molar-refractivity contribution in [2.45, 2.75) is 25.0 Å². The lowest BCUT2D eigenvalue weighted by Crippen LogP contribution is -2.25. The molecule has 0 aliphatic carbocycles. The number of aliphatic hydroxyl groups is 1. The number of benzene rings is 1. The van der Waals surface area contributed by atoms with E-state index in [9.17, 15) is 17.2 Å². The molecule has 0 amide bonds. The fourth-order valence-electron chi connectivity index (χ4n) is 1.66. The molecule has 1 aromatic carbocycles. The van der Waals surface area contributed by atoms with Gasteiger partial charge in [-0.1, -0.05) is 0 Å². The first kappa shape index (κ1) is 16.0. The molecule has 1 heterocycles. The third-order valence-corrected chi connectivity index (χ3v) is 4.95. The monoisotopic (exact) mass is 334 g/mol. The summed E-state index contributed by atoms with van der Waals surface area (Å²) in [5.74, 6) is -2.29. The van der Waals surface area contributed by atoms with Crippen LogP contribution in [0.15, 0.2) is 22.4 Å². The molecule has 5 nitrogen and oxygen atoms in total. The van der Waals surface area contributed by atoms with Crippen molar-refractivity contribution >= 4 is 21.4 Å². The maximum Gasteiger partial charge on any atom is 0.243 e. The van der Waals surface area contributed by atoms with Gasteiger partial charge in [0.05, 0.1) is 29.4 Å². The summed E-state index contributed by atoms with van der Waals surface area (Å²) in [6.07, 6.45) is 0. The van der Waals surface area contributed by atoms with Crippen molar-refractivity contribution in [2.75, 3.05) is 0 Å². The molecule has 0 saturated heterocycles. The number of hydrogen-bond acceptors (Lipinski definition) is 5. The summed E-state index contributed by atoms with van der Waals surface area (Å²) in [7, 11) is -4.17. The summed E-state index contributed by atoms with van der Waals surface area (Å²) >= 11 is 1.36. The highest BCUT2D eigenvalue weighted by Gasteiger charge is 2.23. The van der Waals surface area contributed by atoms with Crippen LogP contribution in [-0.4, -0.2) is 18.5 Å². The molecule has 0 saturated carbocycles. The Hall–Kier alpha value is -1.42. The Morgan fingerprint density at radius 1 is 1.38 bits per heavy atom. The SMILES string of the molecule is Cc1nc(CNS(=O)(=O)c2ccc(F)c(CO)c2F)cs1. The van der Waals surface area contributed by atoms with Crippen LogP contribution >= 0.6 is 11.3 Å².